The second kappa shape index (κ2) is 5.74. The molecule has 0 heterocycles. The van der Waals surface area contributed by atoms with Gasteiger partial charge in [0.05, 0.1) is 6.54 Å². The first-order valence-electron chi connectivity index (χ1n) is 6.68. The molecule has 0 radical (unpaired) electrons. The molecule has 1 rings (SSSR count). The van der Waals surface area contributed by atoms with Crippen LogP contribution in [0, 0.1) is 13.8 Å². The molecule has 0 spiro atoms. The minimum Gasteiger partial charge on any atom is -0.480 e. The Labute approximate surface area is 116 Å². The summed E-state index contributed by atoms with van der Waals surface area (Å²) in [6, 6.07) is 6.42. The van der Waals surface area contributed by atoms with E-state index in [9.17, 15) is 4.79 Å². The predicted molar refractivity (Wildman–Crippen MR) is 78.4 cm³/mol. The normalized spacial score (nSPS) is 13.6. The number of carboxylic acids is 1. The maximum absolute atomic E-state index is 11.1. The highest BCUT2D eigenvalue weighted by atomic mass is 16.4. The average molecular weight is 263 g/mol. The number of carbonyl (C=O) groups is 1. The summed E-state index contributed by atoms with van der Waals surface area (Å²) < 4.78 is 0. The lowest BCUT2D eigenvalue weighted by atomic mass is 9.95. The lowest BCUT2D eigenvalue weighted by molar-refractivity contribution is -0.140. The van der Waals surface area contributed by atoms with Crippen molar-refractivity contribution < 1.29 is 9.90 Å². The van der Waals surface area contributed by atoms with Gasteiger partial charge in [0.25, 0.3) is 0 Å². The van der Waals surface area contributed by atoms with Crippen molar-refractivity contribution in [2.45, 2.75) is 53.1 Å². The van der Waals surface area contributed by atoms with E-state index in [-0.39, 0.29) is 18.1 Å². The van der Waals surface area contributed by atoms with Crippen LogP contribution in [0.1, 0.15) is 50.4 Å². The quantitative estimate of drug-likeness (QED) is 0.903. The summed E-state index contributed by atoms with van der Waals surface area (Å²) in [5.74, 6) is -0.785. The number of aliphatic carboxylic acids is 1. The van der Waals surface area contributed by atoms with E-state index in [2.05, 4.69) is 59.7 Å². The Kier molecular flexibility index (Phi) is 4.75. The SMILES string of the molecule is Cc1ccc(C)c(C(C)N(CC(=O)O)C(C)(C)C)c1. The number of carboxylic acid groups (broad SMARTS) is 1. The van der Waals surface area contributed by atoms with Crippen molar-refractivity contribution in [2.75, 3.05) is 6.54 Å². The fourth-order valence-electron chi connectivity index (χ4n) is 2.48. The first kappa shape index (κ1) is 15.7. The zero-order valence-corrected chi connectivity index (χ0v) is 12.8. The third kappa shape index (κ3) is 4.06. The van der Waals surface area contributed by atoms with Crippen molar-refractivity contribution in [3.05, 3.63) is 34.9 Å². The van der Waals surface area contributed by atoms with Crippen LogP contribution in [0.25, 0.3) is 0 Å². The molecule has 0 amide bonds. The fourth-order valence-corrected chi connectivity index (χ4v) is 2.48. The summed E-state index contributed by atoms with van der Waals surface area (Å²) in [7, 11) is 0. The molecule has 0 bridgehead atoms. The Morgan fingerprint density at radius 3 is 2.37 bits per heavy atom. The van der Waals surface area contributed by atoms with E-state index in [0.29, 0.717) is 0 Å². The van der Waals surface area contributed by atoms with Crippen molar-refractivity contribution in [2.24, 2.45) is 0 Å². The summed E-state index contributed by atoms with van der Waals surface area (Å²) in [5, 5.41) is 9.13. The molecule has 19 heavy (non-hydrogen) atoms. The van der Waals surface area contributed by atoms with E-state index in [0.717, 1.165) is 0 Å². The molecule has 0 aliphatic rings. The Morgan fingerprint density at radius 1 is 1.32 bits per heavy atom. The fraction of sp³-hybridized carbons (Fsp3) is 0.562. The lowest BCUT2D eigenvalue weighted by Gasteiger charge is -2.40. The maximum atomic E-state index is 11.1. The number of hydrogen-bond acceptors (Lipinski definition) is 2. The van der Waals surface area contributed by atoms with Crippen LogP contribution < -0.4 is 0 Å². The number of aryl methyl sites for hydroxylation is 2. The summed E-state index contributed by atoms with van der Waals surface area (Å²) in [5.41, 5.74) is 3.43. The largest absolute Gasteiger partial charge is 0.480 e. The molecule has 0 aromatic heterocycles. The number of hydrogen-bond donors (Lipinski definition) is 1. The first-order valence-corrected chi connectivity index (χ1v) is 6.68. The highest BCUT2D eigenvalue weighted by Crippen LogP contribution is 2.30. The van der Waals surface area contributed by atoms with Gasteiger partial charge in [-0.05, 0) is 52.7 Å². The van der Waals surface area contributed by atoms with Gasteiger partial charge < -0.3 is 5.11 Å². The molecule has 1 aromatic rings. The van der Waals surface area contributed by atoms with E-state index in [1.54, 1.807) is 0 Å². The van der Waals surface area contributed by atoms with Crippen LogP contribution in [0.3, 0.4) is 0 Å². The molecule has 0 aliphatic carbocycles. The topological polar surface area (TPSA) is 40.5 Å². The van der Waals surface area contributed by atoms with Crippen LogP contribution in [-0.4, -0.2) is 28.1 Å². The van der Waals surface area contributed by atoms with Crippen LogP contribution in [0.2, 0.25) is 0 Å². The summed E-state index contributed by atoms with van der Waals surface area (Å²) in [4.78, 5) is 13.1. The second-order valence-electron chi connectivity index (χ2n) is 6.23. The lowest BCUT2D eigenvalue weighted by Crippen LogP contribution is -2.46. The van der Waals surface area contributed by atoms with Crippen LogP contribution >= 0.6 is 0 Å². The standard InChI is InChI=1S/C16H25NO2/c1-11-7-8-12(2)14(9-11)13(3)17(10-15(18)19)16(4,5)6/h7-9,13H,10H2,1-6H3,(H,18,19). The van der Waals surface area contributed by atoms with Crippen LogP contribution in [0.4, 0.5) is 0 Å². The van der Waals surface area contributed by atoms with Crippen LogP contribution in [-0.2, 0) is 4.79 Å². The minimum absolute atomic E-state index is 0.0536. The van der Waals surface area contributed by atoms with E-state index in [4.69, 9.17) is 5.11 Å². The van der Waals surface area contributed by atoms with Gasteiger partial charge in [0.1, 0.15) is 0 Å². The smallest absolute Gasteiger partial charge is 0.317 e. The molecule has 1 unspecified atom stereocenters. The molecule has 3 heteroatoms. The molecule has 0 saturated carbocycles. The molecule has 1 atom stereocenters. The zero-order chi connectivity index (χ0) is 14.8. The summed E-state index contributed by atoms with van der Waals surface area (Å²) >= 11 is 0. The molecule has 3 nitrogen and oxygen atoms in total. The van der Waals surface area contributed by atoms with Crippen molar-refractivity contribution in [3.8, 4) is 0 Å². The zero-order valence-electron chi connectivity index (χ0n) is 12.8. The third-order valence-corrected chi connectivity index (χ3v) is 3.52. The van der Waals surface area contributed by atoms with E-state index < -0.39 is 5.97 Å². The Balaban J connectivity index is 3.15. The highest BCUT2D eigenvalue weighted by Gasteiger charge is 2.29. The maximum Gasteiger partial charge on any atom is 0.317 e. The van der Waals surface area contributed by atoms with Gasteiger partial charge in [0.2, 0.25) is 0 Å². The van der Waals surface area contributed by atoms with Crippen molar-refractivity contribution >= 4 is 5.97 Å². The molecule has 0 aliphatic heterocycles. The first-order chi connectivity index (χ1) is 8.62. The second-order valence-corrected chi connectivity index (χ2v) is 6.23. The van der Waals surface area contributed by atoms with Crippen molar-refractivity contribution in [3.63, 3.8) is 0 Å². The predicted octanol–water partition coefficient (Wildman–Crippen LogP) is 3.55. The Bertz CT molecular complexity index is 460. The van der Waals surface area contributed by atoms with Crippen LogP contribution in [0.5, 0.6) is 0 Å². The number of rotatable bonds is 4. The van der Waals surface area contributed by atoms with E-state index in [1.807, 2.05) is 4.90 Å². The van der Waals surface area contributed by atoms with Gasteiger partial charge >= 0.3 is 5.97 Å². The van der Waals surface area contributed by atoms with Gasteiger partial charge in [-0.25, -0.2) is 0 Å². The van der Waals surface area contributed by atoms with E-state index in [1.165, 1.54) is 16.7 Å². The summed E-state index contributed by atoms with van der Waals surface area (Å²) in [6.07, 6.45) is 0. The van der Waals surface area contributed by atoms with Gasteiger partial charge in [-0.15, -0.1) is 0 Å². The van der Waals surface area contributed by atoms with E-state index >= 15 is 0 Å². The van der Waals surface area contributed by atoms with Gasteiger partial charge in [-0.3, -0.25) is 9.69 Å². The van der Waals surface area contributed by atoms with Gasteiger partial charge in [0.15, 0.2) is 0 Å². The highest BCUT2D eigenvalue weighted by molar-refractivity contribution is 5.69. The molecule has 1 N–H and O–H groups in total. The van der Waals surface area contributed by atoms with Crippen molar-refractivity contribution in [1.29, 1.82) is 0 Å². The molecule has 1 aromatic carbocycles. The number of benzene rings is 1. The minimum atomic E-state index is -0.785. The molecular weight excluding hydrogens is 238 g/mol. The molecule has 106 valence electrons. The molecule has 0 saturated heterocycles. The summed E-state index contributed by atoms with van der Waals surface area (Å²) in [6.45, 7) is 12.4. The average Bonchev–Trinajstić information content (AvgIpc) is 2.26. The Hall–Kier alpha value is -1.35. The van der Waals surface area contributed by atoms with Crippen molar-refractivity contribution in [1.82, 2.24) is 4.90 Å². The van der Waals surface area contributed by atoms with Gasteiger partial charge in [-0.1, -0.05) is 23.8 Å². The van der Waals surface area contributed by atoms with Gasteiger partial charge in [0, 0.05) is 11.6 Å². The Morgan fingerprint density at radius 2 is 1.89 bits per heavy atom. The molecule has 0 fully saturated rings. The monoisotopic (exact) mass is 263 g/mol. The van der Waals surface area contributed by atoms with Gasteiger partial charge in [-0.2, -0.15) is 0 Å². The molecular formula is C16H25NO2. The van der Waals surface area contributed by atoms with Crippen LogP contribution in [0.15, 0.2) is 18.2 Å². The third-order valence-electron chi connectivity index (χ3n) is 3.52. The number of nitrogens with zero attached hydrogens (tertiary/aromatic N) is 1.